The van der Waals surface area contributed by atoms with Gasteiger partial charge in [0.2, 0.25) is 5.92 Å². The third-order valence-electron chi connectivity index (χ3n) is 4.11. The first kappa shape index (κ1) is 14.0. The molecule has 1 fully saturated rings. The van der Waals surface area contributed by atoms with Crippen LogP contribution in [0.25, 0.3) is 5.52 Å². The zero-order chi connectivity index (χ0) is 14.9. The van der Waals surface area contributed by atoms with Gasteiger partial charge in [-0.2, -0.15) is 0 Å². The van der Waals surface area contributed by atoms with Crippen LogP contribution in [0, 0.1) is 5.92 Å². The van der Waals surface area contributed by atoms with Crippen molar-refractivity contribution in [3.63, 3.8) is 0 Å². The van der Waals surface area contributed by atoms with Crippen molar-refractivity contribution in [2.24, 2.45) is 5.92 Å². The van der Waals surface area contributed by atoms with Gasteiger partial charge in [-0.1, -0.05) is 6.07 Å². The van der Waals surface area contributed by atoms with Crippen molar-refractivity contribution in [3.05, 3.63) is 42.2 Å². The smallest absolute Gasteiger partial charge is 0.253 e. The van der Waals surface area contributed by atoms with E-state index in [1.165, 1.54) is 0 Å². The molecule has 0 aromatic carbocycles. The number of pyridine rings is 1. The molecule has 0 aliphatic heterocycles. The first-order valence-electron chi connectivity index (χ1n) is 7.27. The minimum Gasteiger partial charge on any atom is -0.352 e. The van der Waals surface area contributed by atoms with Gasteiger partial charge in [0, 0.05) is 31.8 Å². The molecule has 1 saturated carbocycles. The minimum atomic E-state index is -2.57. The number of amides is 1. The molecule has 3 nitrogen and oxygen atoms in total. The monoisotopic (exact) mass is 292 g/mol. The van der Waals surface area contributed by atoms with Crippen LogP contribution in [0.1, 0.15) is 36.0 Å². The highest BCUT2D eigenvalue weighted by Crippen LogP contribution is 2.36. The van der Waals surface area contributed by atoms with E-state index in [9.17, 15) is 13.6 Å². The van der Waals surface area contributed by atoms with Crippen LogP contribution in [0.2, 0.25) is 0 Å². The number of fused-ring (bicyclic) bond motifs is 1. The molecule has 2 aromatic heterocycles. The molecule has 3 rings (SSSR count). The molecule has 5 heteroatoms. The van der Waals surface area contributed by atoms with Crippen molar-refractivity contribution in [2.75, 3.05) is 6.54 Å². The molecule has 1 atom stereocenters. The van der Waals surface area contributed by atoms with Crippen LogP contribution in [0.5, 0.6) is 0 Å². The van der Waals surface area contributed by atoms with E-state index in [-0.39, 0.29) is 24.7 Å². The second-order valence-corrected chi connectivity index (χ2v) is 5.75. The van der Waals surface area contributed by atoms with E-state index >= 15 is 0 Å². The maximum absolute atomic E-state index is 13.3. The molecule has 2 heterocycles. The van der Waals surface area contributed by atoms with Crippen molar-refractivity contribution in [1.29, 1.82) is 0 Å². The van der Waals surface area contributed by atoms with E-state index in [1.54, 1.807) is 6.07 Å². The molecular weight excluding hydrogens is 274 g/mol. The van der Waals surface area contributed by atoms with Gasteiger partial charge < -0.3 is 9.72 Å². The number of nitrogens with one attached hydrogen (secondary N) is 1. The fourth-order valence-electron chi connectivity index (χ4n) is 3.03. The van der Waals surface area contributed by atoms with Crippen molar-refractivity contribution in [3.8, 4) is 0 Å². The molecule has 21 heavy (non-hydrogen) atoms. The van der Waals surface area contributed by atoms with Crippen LogP contribution < -0.4 is 5.32 Å². The molecule has 1 aliphatic carbocycles. The quantitative estimate of drug-likeness (QED) is 0.923. The highest BCUT2D eigenvalue weighted by atomic mass is 19.3. The van der Waals surface area contributed by atoms with Gasteiger partial charge in [-0.3, -0.25) is 4.79 Å². The van der Waals surface area contributed by atoms with E-state index in [1.807, 2.05) is 35.0 Å². The van der Waals surface area contributed by atoms with Crippen LogP contribution in [-0.2, 0) is 0 Å². The summed E-state index contributed by atoms with van der Waals surface area (Å²) >= 11 is 0. The molecular formula is C16H18F2N2O. The third-order valence-corrected chi connectivity index (χ3v) is 4.11. The summed E-state index contributed by atoms with van der Waals surface area (Å²) in [5, 5.41) is 2.80. The topological polar surface area (TPSA) is 33.5 Å². The minimum absolute atomic E-state index is 0.0262. The summed E-state index contributed by atoms with van der Waals surface area (Å²) in [7, 11) is 0. The number of carbonyl (C=O) groups is 1. The molecule has 1 aliphatic rings. The normalized spacial score (nSPS) is 21.3. The van der Waals surface area contributed by atoms with Gasteiger partial charge in [-0.25, -0.2) is 8.78 Å². The Morgan fingerprint density at radius 1 is 1.33 bits per heavy atom. The van der Waals surface area contributed by atoms with Crippen molar-refractivity contribution in [2.45, 2.75) is 31.6 Å². The summed E-state index contributed by atoms with van der Waals surface area (Å²) in [6.45, 7) is 0.318. The van der Waals surface area contributed by atoms with E-state index < -0.39 is 5.92 Å². The van der Waals surface area contributed by atoms with Gasteiger partial charge in [0.25, 0.3) is 5.91 Å². The zero-order valence-electron chi connectivity index (χ0n) is 11.7. The first-order valence-corrected chi connectivity index (χ1v) is 7.27. The van der Waals surface area contributed by atoms with E-state index in [0.29, 0.717) is 18.5 Å². The fraction of sp³-hybridized carbons (Fsp3) is 0.438. The summed E-state index contributed by atoms with van der Waals surface area (Å²) in [5.74, 6) is -2.90. The third kappa shape index (κ3) is 3.06. The summed E-state index contributed by atoms with van der Waals surface area (Å²) in [6.07, 6.45) is 4.83. The molecule has 1 N–H and O–H groups in total. The number of nitrogens with zero attached hydrogens (tertiary/aromatic N) is 1. The lowest BCUT2D eigenvalue weighted by Crippen LogP contribution is -2.35. The lowest BCUT2D eigenvalue weighted by Gasteiger charge is -2.28. The highest BCUT2D eigenvalue weighted by molar-refractivity contribution is 6.01. The second kappa shape index (κ2) is 5.47. The molecule has 2 aromatic rings. The number of hydrogen-bond acceptors (Lipinski definition) is 1. The molecule has 1 unspecified atom stereocenters. The number of aromatic nitrogens is 1. The van der Waals surface area contributed by atoms with Crippen LogP contribution in [0.4, 0.5) is 8.78 Å². The van der Waals surface area contributed by atoms with Crippen molar-refractivity contribution < 1.29 is 13.6 Å². The summed E-state index contributed by atoms with van der Waals surface area (Å²) in [4.78, 5) is 12.2. The lowest BCUT2D eigenvalue weighted by atomic mass is 9.86. The Kier molecular flexibility index (Phi) is 3.66. The maximum atomic E-state index is 13.3. The average Bonchev–Trinajstić information content (AvgIpc) is 2.88. The van der Waals surface area contributed by atoms with E-state index in [4.69, 9.17) is 0 Å². The summed E-state index contributed by atoms with van der Waals surface area (Å²) in [6, 6.07) is 7.37. The van der Waals surface area contributed by atoms with Gasteiger partial charge in [-0.05, 0) is 37.0 Å². The Morgan fingerprint density at radius 3 is 3.00 bits per heavy atom. The average molecular weight is 292 g/mol. The van der Waals surface area contributed by atoms with E-state index in [0.717, 1.165) is 11.9 Å². The Balaban J connectivity index is 1.64. The maximum Gasteiger partial charge on any atom is 0.253 e. The predicted molar refractivity (Wildman–Crippen MR) is 76.6 cm³/mol. The first-order chi connectivity index (χ1) is 10.1. The van der Waals surface area contributed by atoms with Gasteiger partial charge in [0.05, 0.1) is 11.1 Å². The van der Waals surface area contributed by atoms with Crippen LogP contribution in [-0.4, -0.2) is 22.8 Å². The van der Waals surface area contributed by atoms with Gasteiger partial charge >= 0.3 is 0 Å². The number of rotatable bonds is 3. The lowest BCUT2D eigenvalue weighted by molar-refractivity contribution is -0.0518. The standard InChI is InChI=1S/C16H18F2N2O/c17-16(18)7-3-4-12(10-16)11-19-15(21)13-6-9-20-8-2-1-5-14(13)20/h1-2,5-6,8-9,12H,3-4,7,10-11H2,(H,19,21). The van der Waals surface area contributed by atoms with E-state index in [2.05, 4.69) is 5.32 Å². The number of alkyl halides is 2. The van der Waals surface area contributed by atoms with Crippen LogP contribution >= 0.6 is 0 Å². The van der Waals surface area contributed by atoms with Crippen LogP contribution in [0.15, 0.2) is 36.7 Å². The van der Waals surface area contributed by atoms with Crippen molar-refractivity contribution in [1.82, 2.24) is 9.72 Å². The van der Waals surface area contributed by atoms with Crippen molar-refractivity contribution >= 4 is 11.4 Å². The summed E-state index contributed by atoms with van der Waals surface area (Å²) in [5.41, 5.74) is 1.40. The van der Waals surface area contributed by atoms with Gasteiger partial charge in [-0.15, -0.1) is 0 Å². The Morgan fingerprint density at radius 2 is 2.19 bits per heavy atom. The Labute approximate surface area is 122 Å². The number of halogens is 2. The van der Waals surface area contributed by atoms with Gasteiger partial charge in [0.1, 0.15) is 0 Å². The largest absolute Gasteiger partial charge is 0.352 e. The predicted octanol–water partition coefficient (Wildman–Crippen LogP) is 3.49. The Hall–Kier alpha value is -1.91. The fourth-order valence-corrected chi connectivity index (χ4v) is 3.03. The number of hydrogen-bond donors (Lipinski definition) is 1. The molecule has 0 radical (unpaired) electrons. The molecule has 0 bridgehead atoms. The summed E-state index contributed by atoms with van der Waals surface area (Å²) < 4.78 is 28.6. The zero-order valence-corrected chi connectivity index (χ0v) is 11.7. The molecule has 112 valence electrons. The molecule has 1 amide bonds. The van der Waals surface area contributed by atoms with Gasteiger partial charge in [0.15, 0.2) is 0 Å². The molecule has 0 spiro atoms. The molecule has 0 saturated heterocycles. The SMILES string of the molecule is O=C(NCC1CCCC(F)(F)C1)c1ccn2ccccc12. The Bertz CT molecular complexity index is 651. The van der Waals surface area contributed by atoms with Crippen LogP contribution in [0.3, 0.4) is 0 Å². The highest BCUT2D eigenvalue weighted by Gasteiger charge is 2.36. The second-order valence-electron chi connectivity index (χ2n) is 5.75. The number of carbonyl (C=O) groups excluding carboxylic acids is 1.